The Morgan fingerprint density at radius 2 is 2.17 bits per heavy atom. The first-order valence-electron chi connectivity index (χ1n) is 11.1. The van der Waals surface area contributed by atoms with Crippen molar-refractivity contribution in [1.82, 2.24) is 30.0 Å². The van der Waals surface area contributed by atoms with E-state index < -0.39 is 24.1 Å². The number of aryl methyl sites for hydroxylation is 1. The third-order valence-corrected chi connectivity index (χ3v) is 8.77. The Morgan fingerprint density at radius 1 is 1.40 bits per heavy atom. The first-order valence-corrected chi connectivity index (χ1v) is 13.1. The number of H-pyrrole nitrogens is 1. The minimum absolute atomic E-state index is 0.0304. The molecule has 3 N–H and O–H groups in total. The van der Waals surface area contributed by atoms with Gasteiger partial charge in [0.15, 0.2) is 11.0 Å². The van der Waals surface area contributed by atoms with Gasteiger partial charge in [-0.25, -0.2) is 23.8 Å². The molecule has 1 aliphatic heterocycles. The first kappa shape index (κ1) is 24.2. The molecule has 3 aromatic heterocycles. The maximum absolute atomic E-state index is 15.1. The van der Waals surface area contributed by atoms with Crippen LogP contribution in [0.2, 0.25) is 5.02 Å². The molecular formula is C21H22BrClFN7O3S. The molecule has 2 aliphatic rings. The molecule has 186 valence electrons. The van der Waals surface area contributed by atoms with Crippen LogP contribution >= 0.6 is 38.9 Å². The molecule has 0 bridgehead atoms. The average molecular weight is 587 g/mol. The fourth-order valence-corrected chi connectivity index (χ4v) is 5.73. The van der Waals surface area contributed by atoms with E-state index in [4.69, 9.17) is 11.6 Å². The number of aromatic amines is 1. The van der Waals surface area contributed by atoms with Gasteiger partial charge in [-0.05, 0) is 48.0 Å². The first-order chi connectivity index (χ1) is 16.7. The van der Waals surface area contributed by atoms with Crippen molar-refractivity contribution in [3.63, 3.8) is 0 Å². The number of aromatic nitrogens is 5. The number of nitrogens with one attached hydrogen (secondary N) is 2. The highest BCUT2D eigenvalue weighted by Crippen LogP contribution is 2.36. The van der Waals surface area contributed by atoms with Crippen molar-refractivity contribution in [1.29, 1.82) is 0 Å². The van der Waals surface area contributed by atoms with E-state index in [-0.39, 0.29) is 22.8 Å². The SMILES string of the molecule is Cc1[nH]c(C(=O)NC2CCN(c3nc(-c4ncnn4CC4CC4)c(C(=O)O)s3)CC2F)c(Br)c1Cl. The van der Waals surface area contributed by atoms with Gasteiger partial charge in [0, 0.05) is 18.8 Å². The Morgan fingerprint density at radius 3 is 2.80 bits per heavy atom. The highest BCUT2D eigenvalue weighted by Gasteiger charge is 2.34. The predicted octanol–water partition coefficient (Wildman–Crippen LogP) is 3.91. The average Bonchev–Trinajstić information content (AvgIpc) is 3.23. The number of amides is 1. The molecule has 1 amide bonds. The van der Waals surface area contributed by atoms with Crippen molar-refractivity contribution in [3.8, 4) is 11.5 Å². The molecule has 3 aromatic rings. The van der Waals surface area contributed by atoms with E-state index in [1.54, 1.807) is 16.5 Å². The summed E-state index contributed by atoms with van der Waals surface area (Å²) in [5.41, 5.74) is 1.12. The maximum atomic E-state index is 15.1. The summed E-state index contributed by atoms with van der Waals surface area (Å²) in [6.45, 7) is 2.78. The molecule has 14 heteroatoms. The molecule has 10 nitrogen and oxygen atoms in total. The summed E-state index contributed by atoms with van der Waals surface area (Å²) >= 11 is 10.4. The van der Waals surface area contributed by atoms with Crippen molar-refractivity contribution in [2.45, 2.75) is 44.9 Å². The zero-order chi connectivity index (χ0) is 24.9. The number of aromatic carboxylic acids is 1. The fourth-order valence-electron chi connectivity index (χ4n) is 4.08. The van der Waals surface area contributed by atoms with Crippen LogP contribution in [0.1, 0.15) is 45.1 Å². The third kappa shape index (κ3) is 4.81. The van der Waals surface area contributed by atoms with Crippen molar-refractivity contribution >= 4 is 55.9 Å². The van der Waals surface area contributed by atoms with Crippen LogP contribution in [0.15, 0.2) is 10.8 Å². The topological polar surface area (TPSA) is 129 Å². The number of hydrogen-bond donors (Lipinski definition) is 3. The van der Waals surface area contributed by atoms with Gasteiger partial charge in [-0.1, -0.05) is 22.9 Å². The molecule has 0 radical (unpaired) electrons. The Kier molecular flexibility index (Phi) is 6.57. The second-order valence-electron chi connectivity index (χ2n) is 8.77. The molecule has 1 saturated heterocycles. The Balaban J connectivity index is 1.31. The van der Waals surface area contributed by atoms with E-state index in [0.29, 0.717) is 51.6 Å². The van der Waals surface area contributed by atoms with Crippen molar-refractivity contribution in [2.24, 2.45) is 5.92 Å². The standard InChI is InChI=1S/C21H22BrClFN7O3S/c1-9-14(23)13(22)15(27-9)19(32)28-12-4-5-30(7-11(12)24)21-29-16(17(35-21)20(33)34)18-25-8-26-31(18)6-10-2-3-10/h8,10-12,27H,2-7H2,1H3,(H,28,32)(H,33,34). The van der Waals surface area contributed by atoms with E-state index in [1.165, 1.54) is 6.33 Å². The molecule has 1 aliphatic carbocycles. The number of nitrogens with zero attached hydrogens (tertiary/aromatic N) is 5. The van der Waals surface area contributed by atoms with Gasteiger partial charge < -0.3 is 20.3 Å². The summed E-state index contributed by atoms with van der Waals surface area (Å²) in [5, 5.41) is 17.5. The van der Waals surface area contributed by atoms with E-state index in [2.05, 4.69) is 41.3 Å². The number of thiazole rings is 1. The summed E-state index contributed by atoms with van der Waals surface area (Å²) in [4.78, 5) is 38.0. The van der Waals surface area contributed by atoms with E-state index in [0.717, 1.165) is 24.2 Å². The molecule has 5 rings (SSSR count). The number of piperidine rings is 1. The van der Waals surface area contributed by atoms with Gasteiger partial charge in [-0.2, -0.15) is 5.10 Å². The van der Waals surface area contributed by atoms with Crippen LogP contribution in [0.5, 0.6) is 0 Å². The minimum Gasteiger partial charge on any atom is -0.477 e. The van der Waals surface area contributed by atoms with E-state index in [9.17, 15) is 14.7 Å². The summed E-state index contributed by atoms with van der Waals surface area (Å²) in [7, 11) is 0. The van der Waals surface area contributed by atoms with Crippen LogP contribution in [0, 0.1) is 12.8 Å². The normalized spacial score (nSPS) is 20.3. The van der Waals surface area contributed by atoms with Crippen LogP contribution in [-0.4, -0.2) is 67.0 Å². The molecule has 35 heavy (non-hydrogen) atoms. The molecule has 2 atom stereocenters. The number of carboxylic acids is 1. The summed E-state index contributed by atoms with van der Waals surface area (Å²) in [6, 6.07) is -0.701. The maximum Gasteiger partial charge on any atom is 0.348 e. The third-order valence-electron chi connectivity index (χ3n) is 6.17. The summed E-state index contributed by atoms with van der Waals surface area (Å²) in [5.74, 6) is -0.641. The lowest BCUT2D eigenvalue weighted by atomic mass is 10.0. The zero-order valence-electron chi connectivity index (χ0n) is 18.6. The van der Waals surface area contributed by atoms with Gasteiger partial charge >= 0.3 is 5.97 Å². The summed E-state index contributed by atoms with van der Waals surface area (Å²) in [6.07, 6.45) is 2.57. The number of alkyl halides is 1. The van der Waals surface area contributed by atoms with Gasteiger partial charge in [0.1, 0.15) is 28.8 Å². The number of hydrogen-bond acceptors (Lipinski definition) is 7. The van der Waals surface area contributed by atoms with Crippen LogP contribution in [0.4, 0.5) is 9.52 Å². The molecule has 2 fully saturated rings. The largest absolute Gasteiger partial charge is 0.477 e. The van der Waals surface area contributed by atoms with Gasteiger partial charge in [-0.15, -0.1) is 0 Å². The van der Waals surface area contributed by atoms with Crippen molar-refractivity contribution in [3.05, 3.63) is 32.1 Å². The smallest absolute Gasteiger partial charge is 0.348 e. The van der Waals surface area contributed by atoms with E-state index in [1.807, 2.05) is 0 Å². The molecule has 2 unspecified atom stereocenters. The number of carbonyl (C=O) groups excluding carboxylic acids is 1. The van der Waals surface area contributed by atoms with Crippen LogP contribution in [0.25, 0.3) is 11.5 Å². The minimum atomic E-state index is -1.38. The number of carbonyl (C=O) groups is 2. The quantitative estimate of drug-likeness (QED) is 0.383. The number of carboxylic acid groups (broad SMARTS) is 1. The highest BCUT2D eigenvalue weighted by molar-refractivity contribution is 9.10. The molecule has 4 heterocycles. The lowest BCUT2D eigenvalue weighted by Gasteiger charge is -2.34. The molecule has 0 spiro atoms. The Labute approximate surface area is 217 Å². The molecule has 1 saturated carbocycles. The lowest BCUT2D eigenvalue weighted by Crippen LogP contribution is -2.52. The molecular weight excluding hydrogens is 565 g/mol. The fraction of sp³-hybridized carbons (Fsp3) is 0.476. The van der Waals surface area contributed by atoms with Gasteiger partial charge in [0.25, 0.3) is 5.91 Å². The Bertz CT molecular complexity index is 1290. The monoisotopic (exact) mass is 585 g/mol. The molecule has 0 aromatic carbocycles. The lowest BCUT2D eigenvalue weighted by molar-refractivity contribution is 0.0702. The van der Waals surface area contributed by atoms with Gasteiger partial charge in [0.2, 0.25) is 0 Å². The summed E-state index contributed by atoms with van der Waals surface area (Å²) < 4.78 is 17.3. The van der Waals surface area contributed by atoms with Crippen LogP contribution in [-0.2, 0) is 6.54 Å². The second-order valence-corrected chi connectivity index (χ2v) is 10.9. The van der Waals surface area contributed by atoms with Crippen molar-refractivity contribution in [2.75, 3.05) is 18.0 Å². The number of halogens is 3. The van der Waals surface area contributed by atoms with Crippen LogP contribution < -0.4 is 10.2 Å². The highest BCUT2D eigenvalue weighted by atomic mass is 79.9. The number of rotatable bonds is 7. The van der Waals surface area contributed by atoms with Gasteiger partial charge in [-0.3, -0.25) is 4.79 Å². The Hall–Kier alpha value is -2.51. The van der Waals surface area contributed by atoms with Crippen LogP contribution in [0.3, 0.4) is 0 Å². The second kappa shape index (κ2) is 9.51. The zero-order valence-corrected chi connectivity index (χ0v) is 21.8. The number of anilines is 1. The van der Waals surface area contributed by atoms with Gasteiger partial charge in [0.05, 0.1) is 22.1 Å². The predicted molar refractivity (Wildman–Crippen MR) is 132 cm³/mol. The van der Waals surface area contributed by atoms with E-state index >= 15 is 4.39 Å². The van der Waals surface area contributed by atoms with Crippen molar-refractivity contribution < 1.29 is 19.1 Å².